The highest BCUT2D eigenvalue weighted by Crippen LogP contribution is 2.47. The molecule has 12 nitrogen and oxygen atoms in total. The fraction of sp³-hybridized carbons (Fsp3) is 0.515. The van der Waals surface area contributed by atoms with Gasteiger partial charge in [0.1, 0.15) is 25.9 Å². The number of methoxy groups -OCH3 is 1. The third kappa shape index (κ3) is 7.23. The van der Waals surface area contributed by atoms with Gasteiger partial charge in [-0.1, -0.05) is 18.2 Å². The molecule has 5 atom stereocenters. The molecule has 242 valence electrons. The normalized spacial score (nSPS) is 25.5. The zero-order valence-electron chi connectivity index (χ0n) is 26.0. The Balaban J connectivity index is 1.62. The smallest absolute Gasteiger partial charge is 0.303 e. The average Bonchev–Trinajstić information content (AvgIpc) is 3.83. The molecule has 0 N–H and O–H groups in total. The molecular formula is C33H38O12. The molecule has 0 spiro atoms. The Hall–Kier alpha value is -4.16. The molecule has 1 saturated carbocycles. The summed E-state index contributed by atoms with van der Waals surface area (Å²) in [6.07, 6.45) is -2.63. The van der Waals surface area contributed by atoms with Crippen LogP contribution in [-0.4, -0.2) is 75.2 Å². The number of benzene rings is 2. The average molecular weight is 627 g/mol. The molecule has 1 saturated heterocycles. The predicted molar refractivity (Wildman–Crippen MR) is 156 cm³/mol. The van der Waals surface area contributed by atoms with E-state index in [0.29, 0.717) is 42.6 Å². The molecule has 0 aromatic heterocycles. The molecule has 3 aliphatic rings. The first-order valence-corrected chi connectivity index (χ1v) is 14.9. The lowest BCUT2D eigenvalue weighted by Gasteiger charge is -2.50. The van der Waals surface area contributed by atoms with Crippen LogP contribution >= 0.6 is 0 Å². The second-order valence-corrected chi connectivity index (χ2v) is 11.4. The second kappa shape index (κ2) is 13.5. The van der Waals surface area contributed by atoms with Crippen molar-refractivity contribution < 1.29 is 57.1 Å². The van der Waals surface area contributed by atoms with Gasteiger partial charge in [0.15, 0.2) is 23.7 Å². The van der Waals surface area contributed by atoms with Crippen molar-refractivity contribution in [3.8, 4) is 11.5 Å². The lowest BCUT2D eigenvalue weighted by atomic mass is 9.85. The van der Waals surface area contributed by atoms with Crippen LogP contribution in [0, 0.1) is 0 Å². The van der Waals surface area contributed by atoms with E-state index in [-0.39, 0.29) is 6.61 Å². The first-order chi connectivity index (χ1) is 21.5. The van der Waals surface area contributed by atoms with E-state index < -0.39 is 54.1 Å². The highest BCUT2D eigenvalue weighted by atomic mass is 16.7. The van der Waals surface area contributed by atoms with Gasteiger partial charge >= 0.3 is 23.9 Å². The van der Waals surface area contributed by atoms with Gasteiger partial charge in [-0.15, -0.1) is 0 Å². The fourth-order valence-electron chi connectivity index (χ4n) is 5.97. The van der Waals surface area contributed by atoms with Crippen LogP contribution in [0.2, 0.25) is 0 Å². The third-order valence-electron chi connectivity index (χ3n) is 7.90. The van der Waals surface area contributed by atoms with Crippen molar-refractivity contribution >= 4 is 23.9 Å². The van der Waals surface area contributed by atoms with Crippen LogP contribution in [0.4, 0.5) is 0 Å². The molecule has 1 aliphatic carbocycles. The SMILES string of the molecule is COC1(c2ccc(C3CC3)c(Cc3ccc4c(c3)OCCO4)c2)O[C@H](COC(C)=O)[C@@H](OC(C)=O)[C@H](OC(C)=O)[C@H]1OC(C)=O. The molecular weight excluding hydrogens is 588 g/mol. The van der Waals surface area contributed by atoms with E-state index in [1.54, 1.807) is 0 Å². The highest BCUT2D eigenvalue weighted by molar-refractivity contribution is 5.69. The molecule has 5 rings (SSSR count). The Labute approximate surface area is 261 Å². The van der Waals surface area contributed by atoms with Gasteiger partial charge in [0.2, 0.25) is 11.9 Å². The van der Waals surface area contributed by atoms with Crippen LogP contribution < -0.4 is 9.47 Å². The molecule has 0 bridgehead atoms. The van der Waals surface area contributed by atoms with E-state index in [4.69, 9.17) is 37.9 Å². The molecule has 2 aromatic rings. The van der Waals surface area contributed by atoms with Gasteiger partial charge in [0, 0.05) is 40.4 Å². The lowest BCUT2D eigenvalue weighted by Crippen LogP contribution is -2.67. The Morgan fingerprint density at radius 1 is 0.800 bits per heavy atom. The second-order valence-electron chi connectivity index (χ2n) is 11.4. The Kier molecular flexibility index (Phi) is 9.64. The van der Waals surface area contributed by atoms with E-state index in [1.165, 1.54) is 34.8 Å². The topological polar surface area (TPSA) is 142 Å². The molecule has 2 fully saturated rings. The van der Waals surface area contributed by atoms with Crippen molar-refractivity contribution in [1.29, 1.82) is 0 Å². The first kappa shape index (κ1) is 32.2. The molecule has 2 heterocycles. The maximum absolute atomic E-state index is 12.5. The van der Waals surface area contributed by atoms with Gasteiger partial charge in [-0.25, -0.2) is 0 Å². The molecule has 2 aromatic carbocycles. The number of fused-ring (bicyclic) bond motifs is 1. The monoisotopic (exact) mass is 626 g/mol. The molecule has 0 amide bonds. The first-order valence-electron chi connectivity index (χ1n) is 14.9. The van der Waals surface area contributed by atoms with E-state index >= 15 is 0 Å². The summed E-state index contributed by atoms with van der Waals surface area (Å²) in [5.74, 6) is -2.87. The number of hydrogen-bond donors (Lipinski definition) is 0. The standard InChI is InChI=1S/C33H38O12/c1-18(34)41-17-29-30(42-19(2)35)31(43-20(3)36)32(44-21(4)37)33(38-5,45-29)25-9-10-26(23-7-8-23)24(16-25)14-22-6-11-27-28(15-22)40-13-12-39-27/h6,9-11,15-16,23,29-32H,7-8,12-14,17H2,1-5H3/t29-,30-,31+,32-,33?/m1/s1. The van der Waals surface area contributed by atoms with Crippen molar-refractivity contribution in [3.05, 3.63) is 58.7 Å². The Bertz CT molecular complexity index is 1450. The maximum atomic E-state index is 12.5. The summed E-state index contributed by atoms with van der Waals surface area (Å²) in [5, 5.41) is 0. The van der Waals surface area contributed by atoms with Crippen LogP contribution in [-0.2, 0) is 59.8 Å². The van der Waals surface area contributed by atoms with Gasteiger partial charge in [-0.2, -0.15) is 0 Å². The van der Waals surface area contributed by atoms with E-state index in [9.17, 15) is 19.2 Å². The van der Waals surface area contributed by atoms with Gasteiger partial charge in [-0.05, 0) is 60.1 Å². The van der Waals surface area contributed by atoms with Gasteiger partial charge in [0.25, 0.3) is 0 Å². The lowest BCUT2D eigenvalue weighted by molar-refractivity contribution is -0.367. The highest BCUT2D eigenvalue weighted by Gasteiger charge is 2.61. The molecule has 0 radical (unpaired) electrons. The molecule has 1 unspecified atom stereocenters. The maximum Gasteiger partial charge on any atom is 0.303 e. The molecule has 12 heteroatoms. The Morgan fingerprint density at radius 3 is 2.09 bits per heavy atom. The number of ether oxygens (including phenoxy) is 8. The fourth-order valence-corrected chi connectivity index (χ4v) is 5.97. The van der Waals surface area contributed by atoms with Crippen molar-refractivity contribution in [2.24, 2.45) is 0 Å². The Morgan fingerprint density at radius 2 is 1.47 bits per heavy atom. The van der Waals surface area contributed by atoms with Crippen molar-refractivity contribution in [1.82, 2.24) is 0 Å². The van der Waals surface area contributed by atoms with Crippen LogP contribution in [0.15, 0.2) is 36.4 Å². The minimum atomic E-state index is -1.86. The van der Waals surface area contributed by atoms with Crippen molar-refractivity contribution in [2.75, 3.05) is 26.9 Å². The van der Waals surface area contributed by atoms with Crippen molar-refractivity contribution in [2.45, 2.75) is 83.1 Å². The molecule has 2 aliphatic heterocycles. The van der Waals surface area contributed by atoms with Gasteiger partial charge in [0.05, 0.1) is 0 Å². The quantitative estimate of drug-likeness (QED) is 0.281. The number of hydrogen-bond acceptors (Lipinski definition) is 12. The van der Waals surface area contributed by atoms with Crippen LogP contribution in [0.25, 0.3) is 0 Å². The van der Waals surface area contributed by atoms with E-state index in [2.05, 4.69) is 0 Å². The van der Waals surface area contributed by atoms with Crippen LogP contribution in [0.1, 0.15) is 68.7 Å². The van der Waals surface area contributed by atoms with E-state index in [1.807, 2.05) is 36.4 Å². The number of carbonyl (C=O) groups excluding carboxylic acids is 4. The summed E-state index contributed by atoms with van der Waals surface area (Å²) < 4.78 is 46.3. The van der Waals surface area contributed by atoms with Crippen LogP contribution in [0.5, 0.6) is 11.5 Å². The van der Waals surface area contributed by atoms with Gasteiger partial charge < -0.3 is 37.9 Å². The van der Waals surface area contributed by atoms with E-state index in [0.717, 1.165) is 29.5 Å². The number of rotatable bonds is 10. The summed E-state index contributed by atoms with van der Waals surface area (Å²) in [6, 6.07) is 11.6. The molecule has 45 heavy (non-hydrogen) atoms. The largest absolute Gasteiger partial charge is 0.486 e. The van der Waals surface area contributed by atoms with Crippen LogP contribution in [0.3, 0.4) is 0 Å². The number of esters is 4. The van der Waals surface area contributed by atoms with Crippen molar-refractivity contribution in [3.63, 3.8) is 0 Å². The summed E-state index contributed by atoms with van der Waals surface area (Å²) in [6.45, 7) is 5.36. The summed E-state index contributed by atoms with van der Waals surface area (Å²) in [7, 11) is 1.37. The summed E-state index contributed by atoms with van der Waals surface area (Å²) in [5.41, 5.74) is 3.59. The minimum absolute atomic E-state index is 0.368. The number of carbonyl (C=O) groups is 4. The minimum Gasteiger partial charge on any atom is -0.486 e. The predicted octanol–water partition coefficient (Wildman–Crippen LogP) is 3.48. The van der Waals surface area contributed by atoms with Gasteiger partial charge in [-0.3, -0.25) is 19.2 Å². The summed E-state index contributed by atoms with van der Waals surface area (Å²) >= 11 is 0. The third-order valence-corrected chi connectivity index (χ3v) is 7.90. The zero-order chi connectivity index (χ0) is 32.3. The summed E-state index contributed by atoms with van der Waals surface area (Å²) in [4.78, 5) is 48.9. The zero-order valence-corrected chi connectivity index (χ0v) is 26.0.